The molecule has 4 nitrogen and oxygen atoms in total. The van der Waals surface area contributed by atoms with Crippen LogP contribution in [0.3, 0.4) is 0 Å². The zero-order chi connectivity index (χ0) is 8.43. The van der Waals surface area contributed by atoms with Gasteiger partial charge >= 0.3 is 0 Å². The van der Waals surface area contributed by atoms with E-state index in [0.717, 1.165) is 13.1 Å². The third kappa shape index (κ3) is 3.14. The fourth-order valence-corrected chi connectivity index (χ4v) is 1.52. The maximum absolute atomic E-state index is 7.24. The number of halogens is 1. The molecule has 0 aromatic rings. The number of hydrogen-bond acceptors (Lipinski definition) is 2. The second-order valence-corrected chi connectivity index (χ2v) is 3.26. The average Bonchev–Trinajstić information content (AvgIpc) is 1.85. The van der Waals surface area contributed by atoms with Gasteiger partial charge in [-0.1, -0.05) is 0 Å². The van der Waals surface area contributed by atoms with E-state index in [2.05, 4.69) is 19.2 Å². The number of nitrogens with one attached hydrogen (secondary N) is 2. The van der Waals surface area contributed by atoms with E-state index in [9.17, 15) is 0 Å². The molecule has 0 aliphatic carbocycles. The topological polar surface area (TPSA) is 65.1 Å². The lowest BCUT2D eigenvalue weighted by Crippen LogP contribution is -2.57. The first-order valence-corrected chi connectivity index (χ1v) is 3.94. The van der Waals surface area contributed by atoms with Crippen molar-refractivity contribution in [1.82, 2.24) is 10.2 Å². The summed E-state index contributed by atoms with van der Waals surface area (Å²) in [5, 5.41) is 10.6. The molecule has 0 spiro atoms. The molecule has 5 heteroatoms. The Labute approximate surface area is 90.4 Å². The van der Waals surface area contributed by atoms with E-state index in [1.165, 1.54) is 0 Å². The summed E-state index contributed by atoms with van der Waals surface area (Å²) in [6, 6.07) is 0.866. The van der Waals surface area contributed by atoms with E-state index >= 15 is 0 Å². The van der Waals surface area contributed by atoms with Crippen LogP contribution in [0.5, 0.6) is 0 Å². The van der Waals surface area contributed by atoms with Gasteiger partial charge in [0.25, 0.3) is 0 Å². The molecule has 2 atom stereocenters. The van der Waals surface area contributed by atoms with Crippen molar-refractivity contribution in [2.45, 2.75) is 25.9 Å². The van der Waals surface area contributed by atoms with Gasteiger partial charge in [0.15, 0.2) is 5.96 Å². The highest BCUT2D eigenvalue weighted by Crippen LogP contribution is 2.01. The minimum atomic E-state index is 0. The number of nitrogens with zero attached hydrogens (tertiary/aromatic N) is 1. The Morgan fingerprint density at radius 2 is 1.83 bits per heavy atom. The molecule has 0 aromatic carbocycles. The number of guanidine groups is 1. The molecule has 1 saturated heterocycles. The van der Waals surface area contributed by atoms with E-state index in [1.54, 1.807) is 0 Å². The minimum Gasteiger partial charge on any atom is -0.370 e. The Morgan fingerprint density at radius 1 is 1.42 bits per heavy atom. The summed E-state index contributed by atoms with van der Waals surface area (Å²) in [7, 11) is 0. The van der Waals surface area contributed by atoms with Crippen molar-refractivity contribution < 1.29 is 0 Å². The first-order valence-electron chi connectivity index (χ1n) is 3.94. The summed E-state index contributed by atoms with van der Waals surface area (Å²) >= 11 is 0. The Bertz CT molecular complexity index is 151. The lowest BCUT2D eigenvalue weighted by atomic mass is 10.1. The van der Waals surface area contributed by atoms with Crippen LogP contribution in [0.1, 0.15) is 13.8 Å². The Hall–Kier alpha value is -0.0400. The fourth-order valence-electron chi connectivity index (χ4n) is 1.52. The maximum Gasteiger partial charge on any atom is 0.188 e. The van der Waals surface area contributed by atoms with Crippen LogP contribution in [-0.4, -0.2) is 36.0 Å². The van der Waals surface area contributed by atoms with Gasteiger partial charge in [0.05, 0.1) is 0 Å². The Morgan fingerprint density at radius 3 is 2.17 bits per heavy atom. The van der Waals surface area contributed by atoms with Crippen molar-refractivity contribution in [3.05, 3.63) is 0 Å². The second kappa shape index (κ2) is 4.86. The van der Waals surface area contributed by atoms with Crippen LogP contribution < -0.4 is 11.1 Å². The quantitative estimate of drug-likeness (QED) is 0.338. The zero-order valence-electron chi connectivity index (χ0n) is 7.50. The van der Waals surface area contributed by atoms with Gasteiger partial charge in [-0.3, -0.25) is 5.41 Å². The van der Waals surface area contributed by atoms with E-state index in [0.29, 0.717) is 12.1 Å². The highest BCUT2D eigenvalue weighted by Gasteiger charge is 2.20. The predicted octanol–water partition coefficient (Wildman–Crippen LogP) is 0.180. The normalized spacial score (nSPS) is 29.3. The molecule has 1 aliphatic rings. The van der Waals surface area contributed by atoms with Crippen LogP contribution in [-0.2, 0) is 0 Å². The number of piperazine rings is 1. The molecular weight excluding hydrogens is 267 g/mol. The molecular formula is C7H17IN4. The highest BCUT2D eigenvalue weighted by molar-refractivity contribution is 14.0. The SMILES string of the molecule is C[C@@H]1CN(C(=N)N)C[C@H](C)N1.I. The molecule has 72 valence electrons. The second-order valence-electron chi connectivity index (χ2n) is 3.26. The summed E-state index contributed by atoms with van der Waals surface area (Å²) in [5.41, 5.74) is 5.37. The van der Waals surface area contributed by atoms with Crippen molar-refractivity contribution >= 4 is 29.9 Å². The third-order valence-corrected chi connectivity index (χ3v) is 1.90. The molecule has 0 saturated carbocycles. The average molecular weight is 284 g/mol. The van der Waals surface area contributed by atoms with Gasteiger partial charge in [0.1, 0.15) is 0 Å². The van der Waals surface area contributed by atoms with E-state index in [1.807, 2.05) is 4.90 Å². The molecule has 1 heterocycles. The molecule has 1 rings (SSSR count). The third-order valence-electron chi connectivity index (χ3n) is 1.90. The number of hydrogen-bond donors (Lipinski definition) is 3. The van der Waals surface area contributed by atoms with Crippen LogP contribution in [0.4, 0.5) is 0 Å². The van der Waals surface area contributed by atoms with E-state index < -0.39 is 0 Å². The first kappa shape index (κ1) is 12.0. The Balaban J connectivity index is 0.00000121. The van der Waals surface area contributed by atoms with Gasteiger partial charge in [-0.15, -0.1) is 24.0 Å². The number of rotatable bonds is 0. The van der Waals surface area contributed by atoms with E-state index in [-0.39, 0.29) is 29.9 Å². The number of nitrogens with two attached hydrogens (primary N) is 1. The first-order chi connectivity index (χ1) is 5.09. The summed E-state index contributed by atoms with van der Waals surface area (Å²) in [6.07, 6.45) is 0. The lowest BCUT2D eigenvalue weighted by Gasteiger charge is -2.36. The van der Waals surface area contributed by atoms with Crippen LogP contribution in [0.15, 0.2) is 0 Å². The summed E-state index contributed by atoms with van der Waals surface area (Å²) in [6.45, 7) is 5.90. The molecule has 12 heavy (non-hydrogen) atoms. The van der Waals surface area contributed by atoms with Crippen molar-refractivity contribution in [2.24, 2.45) is 5.73 Å². The van der Waals surface area contributed by atoms with Gasteiger partial charge in [-0.25, -0.2) is 0 Å². The molecule has 0 unspecified atom stereocenters. The zero-order valence-corrected chi connectivity index (χ0v) is 9.83. The summed E-state index contributed by atoms with van der Waals surface area (Å²) in [4.78, 5) is 1.89. The van der Waals surface area contributed by atoms with E-state index in [4.69, 9.17) is 11.1 Å². The highest BCUT2D eigenvalue weighted by atomic mass is 127. The maximum atomic E-state index is 7.24. The molecule has 0 bridgehead atoms. The molecule has 0 radical (unpaired) electrons. The monoisotopic (exact) mass is 284 g/mol. The van der Waals surface area contributed by atoms with Crippen LogP contribution in [0, 0.1) is 5.41 Å². The largest absolute Gasteiger partial charge is 0.370 e. The minimum absolute atomic E-state index is 0. The van der Waals surface area contributed by atoms with Crippen LogP contribution >= 0.6 is 24.0 Å². The van der Waals surface area contributed by atoms with Crippen molar-refractivity contribution in [3.63, 3.8) is 0 Å². The smallest absolute Gasteiger partial charge is 0.188 e. The standard InChI is InChI=1S/C7H16N4.HI/c1-5-3-11(7(8)9)4-6(2)10-5;/h5-6,10H,3-4H2,1-2H3,(H3,8,9);1H/t5-,6+;. The lowest BCUT2D eigenvalue weighted by molar-refractivity contribution is 0.252. The van der Waals surface area contributed by atoms with Crippen molar-refractivity contribution in [2.75, 3.05) is 13.1 Å². The molecule has 0 amide bonds. The summed E-state index contributed by atoms with van der Waals surface area (Å²) < 4.78 is 0. The predicted molar refractivity (Wildman–Crippen MR) is 61.0 cm³/mol. The summed E-state index contributed by atoms with van der Waals surface area (Å²) in [5.74, 6) is 0.185. The van der Waals surface area contributed by atoms with Gasteiger partial charge in [0.2, 0.25) is 0 Å². The van der Waals surface area contributed by atoms with Crippen molar-refractivity contribution in [1.29, 1.82) is 5.41 Å². The van der Waals surface area contributed by atoms with Gasteiger partial charge in [-0.2, -0.15) is 0 Å². The molecule has 1 fully saturated rings. The van der Waals surface area contributed by atoms with Crippen molar-refractivity contribution in [3.8, 4) is 0 Å². The van der Waals surface area contributed by atoms with Crippen LogP contribution in [0.2, 0.25) is 0 Å². The molecule has 0 aromatic heterocycles. The molecule has 1 aliphatic heterocycles. The Kier molecular flexibility index (Phi) is 4.84. The van der Waals surface area contributed by atoms with Gasteiger partial charge in [-0.05, 0) is 13.8 Å². The van der Waals surface area contributed by atoms with Gasteiger partial charge < -0.3 is 16.0 Å². The fraction of sp³-hybridized carbons (Fsp3) is 0.857. The molecule has 4 N–H and O–H groups in total. The van der Waals surface area contributed by atoms with Gasteiger partial charge in [0, 0.05) is 25.2 Å². The van der Waals surface area contributed by atoms with Crippen LogP contribution in [0.25, 0.3) is 0 Å².